The number of sulfonamides is 1. The van der Waals surface area contributed by atoms with Gasteiger partial charge in [-0.2, -0.15) is 4.31 Å². The molecule has 1 atom stereocenters. The van der Waals surface area contributed by atoms with Crippen LogP contribution in [0.15, 0.2) is 35.7 Å². The predicted octanol–water partition coefficient (Wildman–Crippen LogP) is 0.612. The van der Waals surface area contributed by atoms with Crippen LogP contribution in [0, 0.1) is 0 Å². The van der Waals surface area contributed by atoms with Crippen LogP contribution >= 0.6 is 0 Å². The number of rotatable bonds is 7. The highest BCUT2D eigenvalue weighted by Crippen LogP contribution is 2.12. The molecule has 1 heterocycles. The van der Waals surface area contributed by atoms with Gasteiger partial charge in [0.1, 0.15) is 0 Å². The summed E-state index contributed by atoms with van der Waals surface area (Å²) in [6.45, 7) is 1.44. The fraction of sp³-hybridized carbons (Fsp3) is 0.438. The average Bonchev–Trinajstić information content (AvgIpc) is 2.90. The monoisotopic (exact) mass is 386 g/mol. The zero-order valence-corrected chi connectivity index (χ0v) is 15.6. The molecule has 1 fully saturated rings. The Balaban J connectivity index is 1.98. The van der Waals surface area contributed by atoms with E-state index in [4.69, 9.17) is 0 Å². The van der Waals surface area contributed by atoms with Gasteiger partial charge in [-0.1, -0.05) is 37.3 Å². The van der Waals surface area contributed by atoms with E-state index in [-0.39, 0.29) is 24.6 Å². The SMILES string of the molecule is CCN(CC(=O)N[C@H]1CCS(=O)(=O)C1)S(=O)(=O)/C=C/c1ccccc1. The summed E-state index contributed by atoms with van der Waals surface area (Å²) in [5.74, 6) is -0.542. The molecule has 1 aromatic carbocycles. The maximum absolute atomic E-state index is 12.4. The number of hydrogen-bond donors (Lipinski definition) is 1. The van der Waals surface area contributed by atoms with Crippen molar-refractivity contribution in [1.29, 1.82) is 0 Å². The number of nitrogens with one attached hydrogen (secondary N) is 1. The average molecular weight is 386 g/mol. The standard InChI is InChI=1S/C16H22N2O5S2/c1-2-18(12-16(19)17-15-9-10-24(20,21)13-15)25(22,23)11-8-14-6-4-3-5-7-14/h3-8,11,15H,2,9-10,12-13H2,1H3,(H,17,19)/b11-8+/t15-/m0/s1. The van der Waals surface area contributed by atoms with Crippen molar-refractivity contribution in [2.75, 3.05) is 24.6 Å². The quantitative estimate of drug-likeness (QED) is 0.740. The van der Waals surface area contributed by atoms with Crippen LogP contribution in [-0.2, 0) is 24.7 Å². The Morgan fingerprint density at radius 3 is 2.56 bits per heavy atom. The summed E-state index contributed by atoms with van der Waals surface area (Å²) in [6, 6.07) is 8.53. The minimum Gasteiger partial charge on any atom is -0.351 e. The van der Waals surface area contributed by atoms with E-state index >= 15 is 0 Å². The third-order valence-corrected chi connectivity index (χ3v) is 7.22. The van der Waals surface area contributed by atoms with Gasteiger partial charge < -0.3 is 5.32 Å². The van der Waals surface area contributed by atoms with Crippen molar-refractivity contribution in [3.8, 4) is 0 Å². The van der Waals surface area contributed by atoms with E-state index in [0.717, 1.165) is 15.3 Å². The molecule has 0 saturated carbocycles. The van der Waals surface area contributed by atoms with Crippen molar-refractivity contribution < 1.29 is 21.6 Å². The van der Waals surface area contributed by atoms with Crippen LogP contribution in [0.5, 0.6) is 0 Å². The van der Waals surface area contributed by atoms with Gasteiger partial charge in [-0.15, -0.1) is 0 Å². The Kier molecular flexibility index (Phi) is 6.36. The molecule has 0 aliphatic carbocycles. The van der Waals surface area contributed by atoms with Crippen LogP contribution in [0.4, 0.5) is 0 Å². The summed E-state index contributed by atoms with van der Waals surface area (Å²) in [5.41, 5.74) is 0.739. The number of sulfone groups is 1. The highest BCUT2D eigenvalue weighted by molar-refractivity contribution is 7.92. The maximum atomic E-state index is 12.4. The summed E-state index contributed by atoms with van der Waals surface area (Å²) in [5, 5.41) is 3.67. The molecule has 1 aromatic rings. The molecule has 7 nitrogen and oxygen atoms in total. The van der Waals surface area contributed by atoms with Crippen molar-refractivity contribution in [1.82, 2.24) is 9.62 Å². The number of carbonyl (C=O) groups excluding carboxylic acids is 1. The molecule has 1 saturated heterocycles. The largest absolute Gasteiger partial charge is 0.351 e. The van der Waals surface area contributed by atoms with Crippen molar-refractivity contribution in [2.24, 2.45) is 0 Å². The molecule has 138 valence electrons. The molecule has 1 amide bonds. The van der Waals surface area contributed by atoms with Crippen LogP contribution in [0.3, 0.4) is 0 Å². The first-order valence-electron chi connectivity index (χ1n) is 7.95. The number of nitrogens with zero attached hydrogens (tertiary/aromatic N) is 1. The van der Waals surface area contributed by atoms with Crippen molar-refractivity contribution in [3.63, 3.8) is 0 Å². The molecule has 1 aliphatic rings. The van der Waals surface area contributed by atoms with Gasteiger partial charge in [0.2, 0.25) is 15.9 Å². The lowest BCUT2D eigenvalue weighted by molar-refractivity contribution is -0.121. The smallest absolute Gasteiger partial charge is 0.236 e. The number of benzene rings is 1. The third-order valence-electron chi connectivity index (χ3n) is 3.86. The van der Waals surface area contributed by atoms with Gasteiger partial charge in [-0.3, -0.25) is 4.79 Å². The molecule has 0 aromatic heterocycles. The van der Waals surface area contributed by atoms with Gasteiger partial charge in [0, 0.05) is 18.0 Å². The number of amides is 1. The number of carbonyl (C=O) groups is 1. The van der Waals surface area contributed by atoms with E-state index in [2.05, 4.69) is 5.32 Å². The lowest BCUT2D eigenvalue weighted by Gasteiger charge is -2.19. The second-order valence-corrected chi connectivity index (χ2v) is 9.90. The van der Waals surface area contributed by atoms with Gasteiger partial charge in [0.15, 0.2) is 9.84 Å². The van der Waals surface area contributed by atoms with Gasteiger partial charge >= 0.3 is 0 Å². The molecule has 1 N–H and O–H groups in total. The predicted molar refractivity (Wildman–Crippen MR) is 96.8 cm³/mol. The summed E-state index contributed by atoms with van der Waals surface area (Å²) in [4.78, 5) is 12.1. The second-order valence-electron chi connectivity index (χ2n) is 5.85. The van der Waals surface area contributed by atoms with Crippen molar-refractivity contribution >= 4 is 31.8 Å². The van der Waals surface area contributed by atoms with Crippen LogP contribution in [0.25, 0.3) is 6.08 Å². The molecule has 2 rings (SSSR count). The Morgan fingerprint density at radius 1 is 1.32 bits per heavy atom. The van der Waals surface area contributed by atoms with E-state index in [9.17, 15) is 21.6 Å². The van der Waals surface area contributed by atoms with Crippen LogP contribution in [-0.4, -0.2) is 57.7 Å². The lowest BCUT2D eigenvalue weighted by Crippen LogP contribution is -2.44. The van der Waals surface area contributed by atoms with E-state index in [1.165, 1.54) is 6.08 Å². The zero-order chi connectivity index (χ0) is 18.5. The number of likely N-dealkylation sites (N-methyl/N-ethyl adjacent to an activating group) is 1. The molecule has 0 spiro atoms. The lowest BCUT2D eigenvalue weighted by atomic mass is 10.2. The Bertz CT molecular complexity index is 833. The van der Waals surface area contributed by atoms with Gasteiger partial charge in [-0.25, -0.2) is 16.8 Å². The van der Waals surface area contributed by atoms with Crippen LogP contribution in [0.2, 0.25) is 0 Å². The van der Waals surface area contributed by atoms with E-state index in [1.54, 1.807) is 31.2 Å². The summed E-state index contributed by atoms with van der Waals surface area (Å²) < 4.78 is 48.6. The summed E-state index contributed by atoms with van der Waals surface area (Å²) in [6.07, 6.45) is 1.83. The van der Waals surface area contributed by atoms with E-state index in [0.29, 0.717) is 6.42 Å². The molecule has 0 radical (unpaired) electrons. The summed E-state index contributed by atoms with van der Waals surface area (Å²) >= 11 is 0. The Morgan fingerprint density at radius 2 is 2.00 bits per heavy atom. The molecular formula is C16H22N2O5S2. The molecule has 9 heteroatoms. The van der Waals surface area contributed by atoms with Gasteiger partial charge in [0.05, 0.1) is 18.1 Å². The molecule has 1 aliphatic heterocycles. The first-order chi connectivity index (χ1) is 11.7. The molecule has 0 unspecified atom stereocenters. The minimum absolute atomic E-state index is 0.0492. The maximum Gasteiger partial charge on any atom is 0.236 e. The highest BCUT2D eigenvalue weighted by atomic mass is 32.2. The first-order valence-corrected chi connectivity index (χ1v) is 11.3. The van der Waals surface area contributed by atoms with E-state index < -0.39 is 31.8 Å². The molecular weight excluding hydrogens is 364 g/mol. The third kappa shape index (κ3) is 5.94. The topological polar surface area (TPSA) is 101 Å². The zero-order valence-electron chi connectivity index (χ0n) is 14.0. The Labute approximate surface area is 148 Å². The summed E-state index contributed by atoms with van der Waals surface area (Å²) in [7, 11) is -6.85. The van der Waals surface area contributed by atoms with Crippen LogP contribution < -0.4 is 5.32 Å². The molecule has 0 bridgehead atoms. The highest BCUT2D eigenvalue weighted by Gasteiger charge is 2.30. The fourth-order valence-electron chi connectivity index (χ4n) is 2.54. The van der Waals surface area contributed by atoms with E-state index in [1.807, 2.05) is 6.07 Å². The number of hydrogen-bond acceptors (Lipinski definition) is 5. The fourth-order valence-corrected chi connectivity index (χ4v) is 5.37. The Hall–Kier alpha value is -1.71. The van der Waals surface area contributed by atoms with Crippen molar-refractivity contribution in [3.05, 3.63) is 41.3 Å². The second kappa shape index (κ2) is 8.11. The molecule has 25 heavy (non-hydrogen) atoms. The normalized spacial score (nSPS) is 20.2. The van der Waals surface area contributed by atoms with Gasteiger partial charge in [0.25, 0.3) is 0 Å². The minimum atomic E-state index is -3.75. The van der Waals surface area contributed by atoms with Crippen LogP contribution in [0.1, 0.15) is 18.9 Å². The van der Waals surface area contributed by atoms with Crippen molar-refractivity contribution in [2.45, 2.75) is 19.4 Å². The van der Waals surface area contributed by atoms with Gasteiger partial charge in [-0.05, 0) is 18.1 Å². The first kappa shape index (κ1) is 19.6.